The molecule has 1 aromatic heterocycles. The van der Waals surface area contributed by atoms with Gasteiger partial charge >= 0.3 is 0 Å². The lowest BCUT2D eigenvalue weighted by atomic mass is 9.71. The van der Waals surface area contributed by atoms with Gasteiger partial charge in [-0.2, -0.15) is 0 Å². The van der Waals surface area contributed by atoms with E-state index in [1.165, 1.54) is 24.5 Å². The summed E-state index contributed by atoms with van der Waals surface area (Å²) in [5, 5.41) is 2.23. The smallest absolute Gasteiger partial charge is 0.260 e. The molecule has 164 valence electrons. The van der Waals surface area contributed by atoms with Gasteiger partial charge < -0.3 is 4.90 Å². The van der Waals surface area contributed by atoms with Gasteiger partial charge in [-0.15, -0.1) is 11.3 Å². The maximum absolute atomic E-state index is 14.5. The molecule has 1 aliphatic rings. The summed E-state index contributed by atoms with van der Waals surface area (Å²) in [6.07, 6.45) is 3.25. The highest BCUT2D eigenvalue weighted by atomic mass is 35.5. The third kappa shape index (κ3) is 3.78. The molecule has 1 fully saturated rings. The lowest BCUT2D eigenvalue weighted by molar-refractivity contribution is -0.128. The number of halogens is 3. The average molecular weight is 472 g/mol. The van der Waals surface area contributed by atoms with Gasteiger partial charge in [-0.1, -0.05) is 41.9 Å². The molecule has 1 aliphatic carbocycles. The second-order valence-corrected chi connectivity index (χ2v) is 9.06. The van der Waals surface area contributed by atoms with Crippen LogP contribution in [0.15, 0.2) is 65.6 Å². The van der Waals surface area contributed by atoms with Crippen molar-refractivity contribution in [2.24, 2.45) is 0 Å². The zero-order valence-corrected chi connectivity index (χ0v) is 18.9. The maximum atomic E-state index is 14.5. The molecule has 1 saturated carbocycles. The first-order valence-electron chi connectivity index (χ1n) is 10.1. The number of rotatable bonds is 4. The Morgan fingerprint density at radius 1 is 1.09 bits per heavy atom. The van der Waals surface area contributed by atoms with E-state index in [0.717, 1.165) is 21.9 Å². The first kappa shape index (κ1) is 22.4. The lowest BCUT2D eigenvalue weighted by Gasteiger charge is -2.44. The predicted octanol–water partition coefficient (Wildman–Crippen LogP) is 6.48. The van der Waals surface area contributed by atoms with Crippen LogP contribution in [-0.2, 0) is 10.3 Å². The Balaban J connectivity index is 1.89. The first-order chi connectivity index (χ1) is 15.4. The van der Waals surface area contributed by atoms with Crippen molar-refractivity contribution in [3.63, 3.8) is 0 Å². The van der Waals surface area contributed by atoms with Crippen LogP contribution in [-0.4, -0.2) is 23.6 Å². The summed E-state index contributed by atoms with van der Waals surface area (Å²) in [4.78, 5) is 29.4. The Bertz CT molecular complexity index is 1190. The molecule has 3 aromatic rings. The standard InChI is InChI=1S/C25H20ClF2NO2S/c1-29(24(31)22-20(27)11-4-12-21(22)28)25(18-9-2-3-10-19(18)26)13-5-7-16(23(25)30)15-17-8-6-14-32-17/h2-4,6,8-12,14-15H,5,7,13H2,1H3/t25-/m1/s1. The lowest BCUT2D eigenvalue weighted by Crippen LogP contribution is -2.55. The number of likely N-dealkylation sites (N-methyl/N-ethyl adjacent to an activating group) is 1. The van der Waals surface area contributed by atoms with Gasteiger partial charge in [0.25, 0.3) is 5.91 Å². The third-order valence-electron chi connectivity index (χ3n) is 5.88. The predicted molar refractivity (Wildman–Crippen MR) is 123 cm³/mol. The van der Waals surface area contributed by atoms with Gasteiger partial charge in [0.05, 0.1) is 0 Å². The van der Waals surface area contributed by atoms with E-state index < -0.39 is 28.6 Å². The van der Waals surface area contributed by atoms with Crippen molar-refractivity contribution >= 4 is 40.7 Å². The number of benzene rings is 2. The molecule has 2 aromatic carbocycles. The van der Waals surface area contributed by atoms with Crippen LogP contribution in [0.25, 0.3) is 6.08 Å². The molecule has 0 aliphatic heterocycles. The zero-order chi connectivity index (χ0) is 22.9. The summed E-state index contributed by atoms with van der Waals surface area (Å²) in [6, 6.07) is 13.8. The number of hydrogen-bond donors (Lipinski definition) is 0. The summed E-state index contributed by atoms with van der Waals surface area (Å²) in [5.74, 6) is -3.16. The van der Waals surface area contributed by atoms with Crippen molar-refractivity contribution in [1.82, 2.24) is 4.90 Å². The van der Waals surface area contributed by atoms with Crippen LogP contribution in [0.3, 0.4) is 0 Å². The second-order valence-electron chi connectivity index (χ2n) is 7.67. The Morgan fingerprint density at radius 2 is 1.81 bits per heavy atom. The van der Waals surface area contributed by atoms with Crippen LogP contribution in [0.4, 0.5) is 8.78 Å². The number of ketones is 1. The minimum atomic E-state index is -1.48. The number of Topliss-reactive ketones (excluding diaryl/α,β-unsaturated/α-hetero) is 1. The van der Waals surface area contributed by atoms with Crippen molar-refractivity contribution in [3.8, 4) is 0 Å². The summed E-state index contributed by atoms with van der Waals surface area (Å²) in [6.45, 7) is 0. The van der Waals surface area contributed by atoms with Crippen molar-refractivity contribution in [2.75, 3.05) is 7.05 Å². The summed E-state index contributed by atoms with van der Waals surface area (Å²) in [5.41, 5.74) is -1.18. The molecule has 0 radical (unpaired) electrons. The van der Waals surface area contributed by atoms with Crippen molar-refractivity contribution in [1.29, 1.82) is 0 Å². The molecule has 0 unspecified atom stereocenters. The van der Waals surface area contributed by atoms with E-state index in [2.05, 4.69) is 0 Å². The van der Waals surface area contributed by atoms with Crippen LogP contribution in [0.2, 0.25) is 5.02 Å². The van der Waals surface area contributed by atoms with Crippen molar-refractivity contribution < 1.29 is 18.4 Å². The van der Waals surface area contributed by atoms with Crippen LogP contribution in [0.5, 0.6) is 0 Å². The van der Waals surface area contributed by atoms with Crippen molar-refractivity contribution in [3.05, 3.63) is 98.2 Å². The van der Waals surface area contributed by atoms with Gasteiger partial charge in [0.1, 0.15) is 22.7 Å². The minimum Gasteiger partial charge on any atom is -0.324 e. The van der Waals surface area contributed by atoms with E-state index in [4.69, 9.17) is 11.6 Å². The van der Waals surface area contributed by atoms with E-state index >= 15 is 0 Å². The Labute approximate surface area is 193 Å². The minimum absolute atomic E-state index is 0.287. The zero-order valence-electron chi connectivity index (χ0n) is 17.3. The van der Waals surface area contributed by atoms with Crippen molar-refractivity contribution in [2.45, 2.75) is 24.8 Å². The SMILES string of the molecule is CN(C(=O)c1c(F)cccc1F)[C@@]1(c2ccccc2Cl)CCCC(=Cc2cccs2)C1=O. The number of thiophene rings is 1. The summed E-state index contributed by atoms with van der Waals surface area (Å²) in [7, 11) is 1.41. The van der Waals surface area contributed by atoms with Gasteiger partial charge in [0.2, 0.25) is 0 Å². The third-order valence-corrected chi connectivity index (χ3v) is 7.03. The van der Waals surface area contributed by atoms with Gasteiger partial charge in [0.15, 0.2) is 5.78 Å². The first-order valence-corrected chi connectivity index (χ1v) is 11.4. The molecule has 0 saturated heterocycles. The number of carbonyl (C=O) groups excluding carboxylic acids is 2. The fourth-order valence-corrected chi connectivity index (χ4v) is 5.28. The normalized spacial score (nSPS) is 19.9. The molecule has 32 heavy (non-hydrogen) atoms. The number of carbonyl (C=O) groups is 2. The fourth-order valence-electron chi connectivity index (χ4n) is 4.31. The Hall–Kier alpha value is -2.83. The number of nitrogens with zero attached hydrogens (tertiary/aromatic N) is 1. The van der Waals surface area contributed by atoms with E-state index in [0.29, 0.717) is 29.0 Å². The van der Waals surface area contributed by atoms with Crippen LogP contribution >= 0.6 is 22.9 Å². The maximum Gasteiger partial charge on any atom is 0.260 e. The molecule has 7 heteroatoms. The molecule has 1 amide bonds. The van der Waals surface area contributed by atoms with E-state index in [-0.39, 0.29) is 12.2 Å². The molecule has 3 nitrogen and oxygen atoms in total. The fraction of sp³-hybridized carbons (Fsp3) is 0.200. The van der Waals surface area contributed by atoms with Gasteiger partial charge in [-0.25, -0.2) is 8.78 Å². The highest BCUT2D eigenvalue weighted by Gasteiger charge is 2.50. The quantitative estimate of drug-likeness (QED) is 0.408. The monoisotopic (exact) mass is 471 g/mol. The largest absolute Gasteiger partial charge is 0.324 e. The number of hydrogen-bond acceptors (Lipinski definition) is 3. The molecular formula is C25H20ClF2NO2S. The molecule has 4 rings (SSSR count). The highest BCUT2D eigenvalue weighted by molar-refractivity contribution is 7.10. The number of amides is 1. The van der Waals surface area contributed by atoms with Gasteiger partial charge in [-0.3, -0.25) is 9.59 Å². The topological polar surface area (TPSA) is 37.4 Å². The molecule has 0 N–H and O–H groups in total. The molecule has 0 spiro atoms. The van der Waals surface area contributed by atoms with E-state index in [1.807, 2.05) is 23.6 Å². The Kier molecular flexibility index (Phi) is 6.26. The van der Waals surface area contributed by atoms with Crippen LogP contribution < -0.4 is 0 Å². The highest BCUT2D eigenvalue weighted by Crippen LogP contribution is 2.45. The molecule has 1 heterocycles. The van der Waals surface area contributed by atoms with Crippen LogP contribution in [0.1, 0.15) is 40.1 Å². The second kappa shape index (κ2) is 8.96. The molecule has 0 bridgehead atoms. The summed E-state index contributed by atoms with van der Waals surface area (Å²) < 4.78 is 28.9. The average Bonchev–Trinajstić information content (AvgIpc) is 3.28. The van der Waals surface area contributed by atoms with Gasteiger partial charge in [0, 0.05) is 22.5 Å². The molecular weight excluding hydrogens is 452 g/mol. The Morgan fingerprint density at radius 3 is 2.47 bits per heavy atom. The summed E-state index contributed by atoms with van der Waals surface area (Å²) >= 11 is 8.00. The van der Waals surface area contributed by atoms with Gasteiger partial charge in [-0.05, 0) is 60.6 Å². The van der Waals surface area contributed by atoms with Crippen LogP contribution in [0, 0.1) is 11.6 Å². The van der Waals surface area contributed by atoms with E-state index in [1.54, 1.807) is 24.3 Å². The van der Waals surface area contributed by atoms with E-state index in [9.17, 15) is 18.4 Å². The molecule has 1 atom stereocenters.